The average Bonchev–Trinajstić information content (AvgIpc) is 2.76. The molecule has 1 aromatic carbocycles. The van der Waals surface area contributed by atoms with Crippen LogP contribution < -0.4 is 5.32 Å². The molecule has 4 nitrogen and oxygen atoms in total. The number of nitrogens with one attached hydrogen (secondary N) is 1. The van der Waals surface area contributed by atoms with Gasteiger partial charge < -0.3 is 10.1 Å². The van der Waals surface area contributed by atoms with Gasteiger partial charge in [-0.15, -0.1) is 0 Å². The molecule has 0 bridgehead atoms. The van der Waals surface area contributed by atoms with Gasteiger partial charge in [0.25, 0.3) is 0 Å². The van der Waals surface area contributed by atoms with E-state index in [1.165, 1.54) is 0 Å². The highest BCUT2D eigenvalue weighted by molar-refractivity contribution is 7.91. The van der Waals surface area contributed by atoms with Crippen LogP contribution >= 0.6 is 0 Å². The summed E-state index contributed by atoms with van der Waals surface area (Å²) in [5.41, 5.74) is 0.942. The average molecular weight is 283 g/mol. The highest BCUT2D eigenvalue weighted by Gasteiger charge is 2.23. The monoisotopic (exact) mass is 283 g/mol. The Kier molecular flexibility index (Phi) is 4.47. The van der Waals surface area contributed by atoms with E-state index in [1.807, 2.05) is 26.0 Å². The van der Waals surface area contributed by atoms with E-state index in [4.69, 9.17) is 4.74 Å². The molecule has 2 atom stereocenters. The van der Waals surface area contributed by atoms with Crippen LogP contribution in [0.2, 0.25) is 0 Å². The van der Waals surface area contributed by atoms with Crippen LogP contribution in [0.3, 0.4) is 0 Å². The maximum Gasteiger partial charge on any atom is 0.178 e. The lowest BCUT2D eigenvalue weighted by molar-refractivity contribution is 0.121. The molecule has 0 radical (unpaired) electrons. The second-order valence-corrected chi connectivity index (χ2v) is 7.07. The van der Waals surface area contributed by atoms with Gasteiger partial charge in [0.1, 0.15) is 0 Å². The first-order valence-corrected chi connectivity index (χ1v) is 8.39. The third kappa shape index (κ3) is 3.48. The molecular weight excluding hydrogens is 262 g/mol. The zero-order valence-corrected chi connectivity index (χ0v) is 12.2. The lowest BCUT2D eigenvalue weighted by Gasteiger charge is -2.17. The van der Waals surface area contributed by atoms with Gasteiger partial charge in [0.05, 0.1) is 22.8 Å². The summed E-state index contributed by atoms with van der Waals surface area (Å²) in [6.07, 6.45) is 1.82. The summed E-state index contributed by atoms with van der Waals surface area (Å²) in [6, 6.07) is 7.31. The van der Waals surface area contributed by atoms with Crippen LogP contribution in [0.1, 0.15) is 26.7 Å². The molecule has 2 unspecified atom stereocenters. The third-order valence-corrected chi connectivity index (χ3v) is 5.35. The quantitative estimate of drug-likeness (QED) is 0.902. The Morgan fingerprint density at radius 3 is 2.53 bits per heavy atom. The van der Waals surface area contributed by atoms with Gasteiger partial charge in [-0.05, 0) is 44.0 Å². The SMILES string of the molecule is CCCS(=O)(=O)c1ccc(NC2CCOC2C)cc1. The Hall–Kier alpha value is -1.07. The Bertz CT molecular complexity index is 510. The van der Waals surface area contributed by atoms with Gasteiger partial charge in [-0.1, -0.05) is 6.92 Å². The summed E-state index contributed by atoms with van der Waals surface area (Å²) in [7, 11) is -3.12. The van der Waals surface area contributed by atoms with Crippen molar-refractivity contribution < 1.29 is 13.2 Å². The van der Waals surface area contributed by atoms with E-state index < -0.39 is 9.84 Å². The van der Waals surface area contributed by atoms with Crippen molar-refractivity contribution in [1.29, 1.82) is 0 Å². The van der Waals surface area contributed by atoms with Gasteiger partial charge >= 0.3 is 0 Å². The van der Waals surface area contributed by atoms with Crippen LogP contribution in [0, 0.1) is 0 Å². The van der Waals surface area contributed by atoms with E-state index >= 15 is 0 Å². The van der Waals surface area contributed by atoms with E-state index in [9.17, 15) is 8.42 Å². The number of rotatable bonds is 5. The zero-order chi connectivity index (χ0) is 13.9. The summed E-state index contributed by atoms with van der Waals surface area (Å²) in [6.45, 7) is 4.70. The number of hydrogen-bond donors (Lipinski definition) is 1. The first-order chi connectivity index (χ1) is 9.03. The fourth-order valence-corrected chi connectivity index (χ4v) is 3.60. The zero-order valence-electron chi connectivity index (χ0n) is 11.4. The molecule has 2 rings (SSSR count). The van der Waals surface area contributed by atoms with Crippen molar-refractivity contribution in [3.8, 4) is 0 Å². The molecular formula is C14H21NO3S. The van der Waals surface area contributed by atoms with Crippen molar-refractivity contribution in [1.82, 2.24) is 0 Å². The molecule has 0 spiro atoms. The lowest BCUT2D eigenvalue weighted by atomic mass is 10.1. The molecule has 1 aliphatic heterocycles. The van der Waals surface area contributed by atoms with Crippen molar-refractivity contribution in [2.45, 2.75) is 43.7 Å². The maximum absolute atomic E-state index is 11.9. The van der Waals surface area contributed by atoms with Crippen LogP contribution in [0.5, 0.6) is 0 Å². The van der Waals surface area contributed by atoms with Crippen LogP contribution in [0.25, 0.3) is 0 Å². The molecule has 0 aliphatic carbocycles. The second-order valence-electron chi connectivity index (χ2n) is 4.96. The van der Waals surface area contributed by atoms with Crippen molar-refractivity contribution in [2.24, 2.45) is 0 Å². The van der Waals surface area contributed by atoms with Crippen molar-refractivity contribution in [3.63, 3.8) is 0 Å². The van der Waals surface area contributed by atoms with E-state index in [2.05, 4.69) is 5.32 Å². The van der Waals surface area contributed by atoms with Gasteiger partial charge in [0.15, 0.2) is 9.84 Å². The summed E-state index contributed by atoms with van der Waals surface area (Å²) >= 11 is 0. The van der Waals surface area contributed by atoms with E-state index in [-0.39, 0.29) is 11.9 Å². The van der Waals surface area contributed by atoms with E-state index in [1.54, 1.807) is 12.1 Å². The Balaban J connectivity index is 2.06. The molecule has 1 N–H and O–H groups in total. The van der Waals surface area contributed by atoms with Gasteiger partial charge in [0, 0.05) is 12.3 Å². The van der Waals surface area contributed by atoms with Gasteiger partial charge in [-0.25, -0.2) is 8.42 Å². The van der Waals surface area contributed by atoms with Crippen molar-refractivity contribution >= 4 is 15.5 Å². The smallest absolute Gasteiger partial charge is 0.178 e. The first-order valence-electron chi connectivity index (χ1n) is 6.74. The third-order valence-electron chi connectivity index (χ3n) is 3.41. The highest BCUT2D eigenvalue weighted by atomic mass is 32.2. The summed E-state index contributed by atoms with van der Waals surface area (Å²) < 4.78 is 29.3. The van der Waals surface area contributed by atoms with Gasteiger partial charge in [-0.2, -0.15) is 0 Å². The molecule has 0 aromatic heterocycles. The molecule has 1 fully saturated rings. The normalized spacial score (nSPS) is 23.5. The number of sulfone groups is 1. The fraction of sp³-hybridized carbons (Fsp3) is 0.571. The van der Waals surface area contributed by atoms with E-state index in [0.29, 0.717) is 17.4 Å². The van der Waals surface area contributed by atoms with E-state index in [0.717, 1.165) is 18.7 Å². The highest BCUT2D eigenvalue weighted by Crippen LogP contribution is 2.21. The van der Waals surface area contributed by atoms with Crippen molar-refractivity contribution in [2.75, 3.05) is 17.7 Å². The van der Waals surface area contributed by atoms with Crippen LogP contribution in [-0.4, -0.2) is 32.9 Å². The van der Waals surface area contributed by atoms with Crippen molar-refractivity contribution in [3.05, 3.63) is 24.3 Å². The Morgan fingerprint density at radius 2 is 2.00 bits per heavy atom. The number of anilines is 1. The summed E-state index contributed by atoms with van der Waals surface area (Å²) in [5, 5.41) is 3.38. The molecule has 0 saturated carbocycles. The maximum atomic E-state index is 11.9. The topological polar surface area (TPSA) is 55.4 Å². The number of ether oxygens (including phenoxy) is 1. The molecule has 1 saturated heterocycles. The standard InChI is InChI=1S/C14H21NO3S/c1-3-10-19(16,17)13-6-4-12(5-7-13)15-14-8-9-18-11(14)2/h4-7,11,14-15H,3,8-10H2,1-2H3. The minimum atomic E-state index is -3.12. The lowest BCUT2D eigenvalue weighted by Crippen LogP contribution is -2.26. The van der Waals surface area contributed by atoms with Crippen LogP contribution in [-0.2, 0) is 14.6 Å². The Morgan fingerprint density at radius 1 is 1.32 bits per heavy atom. The largest absolute Gasteiger partial charge is 0.380 e. The van der Waals surface area contributed by atoms with Crippen LogP contribution in [0.4, 0.5) is 5.69 Å². The second kappa shape index (κ2) is 5.92. The molecule has 1 aliphatic rings. The molecule has 1 aromatic rings. The first kappa shape index (κ1) is 14.3. The molecule has 0 amide bonds. The minimum absolute atomic E-state index is 0.198. The molecule has 106 valence electrons. The fourth-order valence-electron chi connectivity index (χ4n) is 2.28. The summed E-state index contributed by atoms with van der Waals surface area (Å²) in [5.74, 6) is 0.202. The Labute approximate surface area is 115 Å². The number of benzene rings is 1. The predicted octanol–water partition coefficient (Wildman–Crippen LogP) is 2.46. The molecule has 5 heteroatoms. The predicted molar refractivity (Wildman–Crippen MR) is 76.2 cm³/mol. The van der Waals surface area contributed by atoms with Gasteiger partial charge in [0.2, 0.25) is 0 Å². The molecule has 1 heterocycles. The minimum Gasteiger partial charge on any atom is -0.380 e. The van der Waals surface area contributed by atoms with Gasteiger partial charge in [-0.3, -0.25) is 0 Å². The summed E-state index contributed by atoms with van der Waals surface area (Å²) in [4.78, 5) is 0.399. The molecule has 19 heavy (non-hydrogen) atoms. The number of hydrogen-bond acceptors (Lipinski definition) is 4. The van der Waals surface area contributed by atoms with Crippen LogP contribution in [0.15, 0.2) is 29.2 Å².